The first-order chi connectivity index (χ1) is 18.0. The molecule has 1 amide bonds. The van der Waals surface area contributed by atoms with Crippen LogP contribution in [0.1, 0.15) is 29.4 Å². The summed E-state index contributed by atoms with van der Waals surface area (Å²) in [5.41, 5.74) is -1.67. The van der Waals surface area contributed by atoms with Gasteiger partial charge in [-0.25, -0.2) is 14.6 Å². The average Bonchev–Trinajstić information content (AvgIpc) is 3.53. The number of aromatic nitrogens is 7. The Kier molecular flexibility index (Phi) is 6.39. The smallest absolute Gasteiger partial charge is 0.362 e. The van der Waals surface area contributed by atoms with E-state index in [0.717, 1.165) is 10.9 Å². The van der Waals surface area contributed by atoms with Crippen molar-refractivity contribution in [3.8, 4) is 11.5 Å². The minimum atomic E-state index is -4.90. The molecule has 4 aromatic heterocycles. The quantitative estimate of drug-likeness (QED) is 0.412. The average molecular weight is 544 g/mol. The fraction of sp³-hybridized carbons (Fsp3) is 0.250. The van der Waals surface area contributed by atoms with Crippen LogP contribution >= 0.6 is 11.6 Å². The number of hydrogen-bond acceptors (Lipinski definition) is 7. The molecule has 1 unspecified atom stereocenters. The second-order valence-electron chi connectivity index (χ2n) is 8.89. The van der Waals surface area contributed by atoms with Crippen molar-refractivity contribution in [2.45, 2.75) is 19.5 Å². The molecule has 5 rings (SSSR count). The van der Waals surface area contributed by atoms with Crippen molar-refractivity contribution in [2.75, 3.05) is 24.3 Å². The van der Waals surface area contributed by atoms with Gasteiger partial charge < -0.3 is 10.2 Å². The van der Waals surface area contributed by atoms with Crippen molar-refractivity contribution < 1.29 is 18.0 Å². The number of alkyl halides is 3. The van der Waals surface area contributed by atoms with Crippen LogP contribution in [0.15, 0.2) is 37.1 Å². The van der Waals surface area contributed by atoms with Gasteiger partial charge in [0, 0.05) is 24.5 Å². The molecular weight excluding hydrogens is 523 g/mol. The first-order valence-electron chi connectivity index (χ1n) is 11.4. The van der Waals surface area contributed by atoms with Gasteiger partial charge in [-0.15, -0.1) is 4.80 Å². The van der Waals surface area contributed by atoms with Crippen LogP contribution in [0.5, 0.6) is 0 Å². The van der Waals surface area contributed by atoms with E-state index < -0.39 is 23.3 Å². The van der Waals surface area contributed by atoms with Gasteiger partial charge in [-0.2, -0.15) is 28.5 Å². The summed E-state index contributed by atoms with van der Waals surface area (Å²) in [6.07, 6.45) is 5.92. The Morgan fingerprint density at radius 2 is 1.84 bits per heavy atom. The first kappa shape index (κ1) is 25.4. The van der Waals surface area contributed by atoms with Crippen LogP contribution in [0.4, 0.5) is 24.7 Å². The minimum Gasteiger partial charge on any atom is -0.362 e. The highest BCUT2D eigenvalue weighted by Crippen LogP contribution is 2.34. The number of nitrogens with one attached hydrogen (secondary N) is 1. The van der Waals surface area contributed by atoms with Crippen LogP contribution in [0.2, 0.25) is 5.02 Å². The van der Waals surface area contributed by atoms with Crippen molar-refractivity contribution in [2.24, 2.45) is 5.92 Å². The summed E-state index contributed by atoms with van der Waals surface area (Å²) in [5, 5.41) is 15.6. The molecule has 4 heterocycles. The number of hydrogen-bond donors (Lipinski definition) is 1. The zero-order valence-corrected chi connectivity index (χ0v) is 21.2. The fourth-order valence-corrected chi connectivity index (χ4v) is 4.46. The molecule has 0 saturated carbocycles. The van der Waals surface area contributed by atoms with Gasteiger partial charge >= 0.3 is 6.18 Å². The van der Waals surface area contributed by atoms with Gasteiger partial charge in [0.15, 0.2) is 11.5 Å². The molecular formula is C24H21ClF3N9O. The lowest BCUT2D eigenvalue weighted by molar-refractivity contribution is -0.143. The second-order valence-corrected chi connectivity index (χ2v) is 9.30. The zero-order valence-electron chi connectivity index (χ0n) is 20.4. The number of rotatable bonds is 5. The molecule has 4 aromatic rings. The molecule has 1 aliphatic carbocycles. The highest BCUT2D eigenvalue weighted by molar-refractivity contribution is 6.32. The molecule has 1 N–H and O–H groups in total. The first-order valence-corrected chi connectivity index (χ1v) is 11.8. The molecule has 0 saturated heterocycles. The maximum atomic E-state index is 14.4. The Bertz CT molecular complexity index is 1650. The van der Waals surface area contributed by atoms with E-state index in [0.29, 0.717) is 22.7 Å². The third kappa shape index (κ3) is 4.60. The summed E-state index contributed by atoms with van der Waals surface area (Å²) in [7, 11) is 3.62. The molecule has 196 valence electrons. The van der Waals surface area contributed by atoms with Crippen LogP contribution in [0.3, 0.4) is 0 Å². The van der Waals surface area contributed by atoms with Crippen LogP contribution in [-0.4, -0.2) is 54.7 Å². The Labute approximate surface area is 219 Å². The molecule has 0 aliphatic heterocycles. The van der Waals surface area contributed by atoms with Gasteiger partial charge in [-0.05, 0) is 18.4 Å². The van der Waals surface area contributed by atoms with Crippen LogP contribution < -0.4 is 20.7 Å². The molecule has 38 heavy (non-hydrogen) atoms. The molecule has 1 atom stereocenters. The van der Waals surface area contributed by atoms with Gasteiger partial charge in [0.2, 0.25) is 0 Å². The predicted octanol–water partition coefficient (Wildman–Crippen LogP) is 2.83. The summed E-state index contributed by atoms with van der Waals surface area (Å²) in [6.45, 7) is 2.02. The Morgan fingerprint density at radius 1 is 1.11 bits per heavy atom. The number of carbonyl (C=O) groups excluding carboxylic acids is 1. The minimum absolute atomic E-state index is 0.0862. The number of amides is 1. The summed E-state index contributed by atoms with van der Waals surface area (Å²) < 4.78 is 43.8. The SMILES string of the molecule is CC1C=c2c(N(C)C)ncc(-n3ncc(C(=O)Nc4cnc(-n5nccn5)c(Cl)c4)c3C(F)(F)F)c2=CC1. The van der Waals surface area contributed by atoms with Crippen LogP contribution in [0, 0.1) is 5.92 Å². The van der Waals surface area contributed by atoms with Crippen molar-refractivity contribution in [3.63, 3.8) is 0 Å². The maximum Gasteiger partial charge on any atom is 0.434 e. The number of carbonyl (C=O) groups is 1. The molecule has 0 radical (unpaired) electrons. The molecule has 0 aromatic carbocycles. The highest BCUT2D eigenvalue weighted by Gasteiger charge is 2.41. The van der Waals surface area contributed by atoms with E-state index >= 15 is 0 Å². The van der Waals surface area contributed by atoms with E-state index in [1.54, 1.807) is 4.90 Å². The van der Waals surface area contributed by atoms with Crippen molar-refractivity contribution in [1.29, 1.82) is 0 Å². The third-order valence-electron chi connectivity index (χ3n) is 5.88. The second kappa shape index (κ2) is 9.56. The number of nitrogens with zero attached hydrogens (tertiary/aromatic N) is 8. The van der Waals surface area contributed by atoms with Crippen LogP contribution in [-0.2, 0) is 6.18 Å². The lowest BCUT2D eigenvalue weighted by Crippen LogP contribution is -2.38. The lowest BCUT2D eigenvalue weighted by atomic mass is 9.99. The van der Waals surface area contributed by atoms with E-state index in [9.17, 15) is 18.0 Å². The van der Waals surface area contributed by atoms with E-state index in [1.807, 2.05) is 33.2 Å². The largest absolute Gasteiger partial charge is 0.434 e. The van der Waals surface area contributed by atoms with Gasteiger partial charge in [-0.1, -0.05) is 30.7 Å². The third-order valence-corrected chi connectivity index (χ3v) is 6.16. The molecule has 10 nitrogen and oxygen atoms in total. The summed E-state index contributed by atoms with van der Waals surface area (Å²) in [6, 6.07) is 1.34. The van der Waals surface area contributed by atoms with Crippen molar-refractivity contribution in [1.82, 2.24) is 34.7 Å². The summed E-state index contributed by atoms with van der Waals surface area (Å²) in [4.78, 5) is 24.5. The predicted molar refractivity (Wildman–Crippen MR) is 135 cm³/mol. The fourth-order valence-electron chi connectivity index (χ4n) is 4.22. The van der Waals surface area contributed by atoms with E-state index in [-0.39, 0.29) is 28.1 Å². The number of fused-ring (bicyclic) bond motifs is 1. The van der Waals surface area contributed by atoms with Crippen molar-refractivity contribution >= 4 is 41.2 Å². The highest BCUT2D eigenvalue weighted by atomic mass is 35.5. The summed E-state index contributed by atoms with van der Waals surface area (Å²) in [5.74, 6) is -0.0137. The zero-order chi connectivity index (χ0) is 27.2. The Balaban J connectivity index is 1.56. The van der Waals surface area contributed by atoms with Crippen molar-refractivity contribution in [3.05, 3.63) is 63.8 Å². The van der Waals surface area contributed by atoms with Gasteiger partial charge in [0.25, 0.3) is 5.91 Å². The van der Waals surface area contributed by atoms with E-state index in [2.05, 4.69) is 30.6 Å². The van der Waals surface area contributed by atoms with Crippen LogP contribution in [0.25, 0.3) is 23.7 Å². The monoisotopic (exact) mass is 543 g/mol. The maximum absolute atomic E-state index is 14.4. The van der Waals surface area contributed by atoms with Gasteiger partial charge in [0.1, 0.15) is 5.82 Å². The number of halogens is 4. The topological polar surface area (TPSA) is 107 Å². The number of pyridine rings is 2. The van der Waals surface area contributed by atoms with E-state index in [1.165, 1.54) is 35.7 Å². The van der Waals surface area contributed by atoms with Gasteiger partial charge in [-0.3, -0.25) is 4.79 Å². The summed E-state index contributed by atoms with van der Waals surface area (Å²) >= 11 is 6.22. The molecule has 0 fully saturated rings. The molecule has 0 spiro atoms. The number of anilines is 2. The molecule has 14 heteroatoms. The van der Waals surface area contributed by atoms with Gasteiger partial charge in [0.05, 0.1) is 52.9 Å². The Morgan fingerprint density at radius 3 is 2.50 bits per heavy atom. The molecule has 1 aliphatic rings. The Hall–Kier alpha value is -4.26. The lowest BCUT2D eigenvalue weighted by Gasteiger charge is -2.19. The molecule has 0 bridgehead atoms. The standard InChI is InChI=1S/C24H21ClF3N9O/c1-13-4-5-15-16(8-13)21(35(2)3)30-12-19(15)36-20(24(26,27)28)17(11-33-36)23(38)34-14-9-18(25)22(29-10-14)37-31-6-7-32-37/h5-13H,4H2,1-3H3,(H,34,38). The van der Waals surface area contributed by atoms with E-state index in [4.69, 9.17) is 11.6 Å². The normalized spacial score (nSPS) is 14.9.